The molecule has 1 rings (SSSR count). The predicted octanol–water partition coefficient (Wildman–Crippen LogP) is 3.19. The van der Waals surface area contributed by atoms with Crippen molar-refractivity contribution in [3.05, 3.63) is 27.7 Å². The van der Waals surface area contributed by atoms with E-state index >= 15 is 0 Å². The van der Waals surface area contributed by atoms with Gasteiger partial charge in [-0.05, 0) is 5.56 Å². The average Bonchev–Trinajstić information content (AvgIpc) is 2.17. The van der Waals surface area contributed by atoms with Gasteiger partial charge in [0, 0.05) is 11.5 Å². The zero-order chi connectivity index (χ0) is 14.1. The van der Waals surface area contributed by atoms with Crippen molar-refractivity contribution >= 4 is 15.9 Å². The standard InChI is InChI=1S/C8H4BrF6NO2/c9-1-3-2-16-6(17)5(18-8(13,14)15)4(3)7(10,11)12/h2H,1H2,(H,16,17). The number of halogens is 7. The summed E-state index contributed by atoms with van der Waals surface area (Å²) in [6.07, 6.45) is -9.86. The molecule has 0 aliphatic heterocycles. The highest BCUT2D eigenvalue weighted by atomic mass is 79.9. The average molecular weight is 340 g/mol. The lowest BCUT2D eigenvalue weighted by Gasteiger charge is -2.16. The molecule has 0 saturated heterocycles. The number of ether oxygens (including phenoxy) is 1. The van der Waals surface area contributed by atoms with Crippen LogP contribution >= 0.6 is 15.9 Å². The third-order valence-corrected chi connectivity index (χ3v) is 2.38. The van der Waals surface area contributed by atoms with Gasteiger partial charge in [-0.15, -0.1) is 13.2 Å². The van der Waals surface area contributed by atoms with E-state index in [2.05, 4.69) is 20.7 Å². The van der Waals surface area contributed by atoms with Crippen LogP contribution in [0.1, 0.15) is 11.1 Å². The van der Waals surface area contributed by atoms with E-state index in [0.717, 1.165) is 0 Å². The second-order valence-corrected chi connectivity index (χ2v) is 3.59. The van der Waals surface area contributed by atoms with Gasteiger partial charge in [0.2, 0.25) is 5.75 Å². The third kappa shape index (κ3) is 3.40. The molecule has 102 valence electrons. The molecule has 1 heterocycles. The predicted molar refractivity (Wildman–Crippen MR) is 51.4 cm³/mol. The second-order valence-electron chi connectivity index (χ2n) is 3.03. The molecule has 0 saturated carbocycles. The van der Waals surface area contributed by atoms with Crippen LogP contribution in [0.4, 0.5) is 26.3 Å². The van der Waals surface area contributed by atoms with E-state index in [-0.39, 0.29) is 0 Å². The maximum atomic E-state index is 12.6. The largest absolute Gasteiger partial charge is 0.573 e. The summed E-state index contributed by atoms with van der Waals surface area (Å²) >= 11 is 2.68. The van der Waals surface area contributed by atoms with Gasteiger partial charge in [-0.1, -0.05) is 15.9 Å². The highest BCUT2D eigenvalue weighted by molar-refractivity contribution is 9.08. The number of rotatable bonds is 2. The first-order chi connectivity index (χ1) is 8.06. The second kappa shape index (κ2) is 4.82. The summed E-state index contributed by atoms with van der Waals surface area (Å²) in [6.45, 7) is 0. The Labute approximate surface area is 104 Å². The van der Waals surface area contributed by atoms with E-state index < -0.39 is 40.3 Å². The van der Waals surface area contributed by atoms with E-state index in [9.17, 15) is 31.1 Å². The quantitative estimate of drug-likeness (QED) is 0.664. The smallest absolute Gasteiger partial charge is 0.399 e. The van der Waals surface area contributed by atoms with Crippen LogP contribution in [0, 0.1) is 0 Å². The van der Waals surface area contributed by atoms with Crippen LogP contribution in [0.5, 0.6) is 5.75 Å². The fourth-order valence-corrected chi connectivity index (χ4v) is 1.62. The number of aromatic amines is 1. The van der Waals surface area contributed by atoms with Crippen molar-refractivity contribution in [2.45, 2.75) is 17.9 Å². The molecule has 0 atom stereocenters. The third-order valence-electron chi connectivity index (χ3n) is 1.78. The molecule has 18 heavy (non-hydrogen) atoms. The van der Waals surface area contributed by atoms with Crippen molar-refractivity contribution in [2.75, 3.05) is 0 Å². The van der Waals surface area contributed by atoms with Gasteiger partial charge in [0.25, 0.3) is 5.56 Å². The Morgan fingerprint density at radius 2 is 1.78 bits per heavy atom. The molecule has 0 amide bonds. The summed E-state index contributed by atoms with van der Waals surface area (Å²) in [7, 11) is 0. The lowest BCUT2D eigenvalue weighted by Crippen LogP contribution is -2.27. The van der Waals surface area contributed by atoms with Crippen molar-refractivity contribution in [2.24, 2.45) is 0 Å². The number of hydrogen-bond acceptors (Lipinski definition) is 2. The van der Waals surface area contributed by atoms with Crippen molar-refractivity contribution in [1.29, 1.82) is 0 Å². The molecule has 0 aliphatic carbocycles. The SMILES string of the molecule is O=c1[nH]cc(CBr)c(C(F)(F)F)c1OC(F)(F)F. The van der Waals surface area contributed by atoms with Crippen LogP contribution in [0.15, 0.2) is 11.0 Å². The van der Waals surface area contributed by atoms with E-state index in [1.165, 1.54) is 0 Å². The molecule has 0 spiro atoms. The fraction of sp³-hybridized carbons (Fsp3) is 0.375. The molecule has 0 fully saturated rings. The Morgan fingerprint density at radius 3 is 2.17 bits per heavy atom. The maximum Gasteiger partial charge on any atom is 0.573 e. The molecule has 0 aromatic carbocycles. The van der Waals surface area contributed by atoms with Crippen LogP contribution in [0.3, 0.4) is 0 Å². The number of nitrogens with one attached hydrogen (secondary N) is 1. The van der Waals surface area contributed by atoms with Crippen molar-refractivity contribution in [3.63, 3.8) is 0 Å². The summed E-state index contributed by atoms with van der Waals surface area (Å²) in [5.41, 5.74) is -3.92. The molecule has 10 heteroatoms. The first-order valence-electron chi connectivity index (χ1n) is 4.19. The van der Waals surface area contributed by atoms with Gasteiger partial charge in [-0.3, -0.25) is 4.79 Å². The van der Waals surface area contributed by atoms with Gasteiger partial charge >= 0.3 is 12.5 Å². The Balaban J connectivity index is 3.52. The van der Waals surface area contributed by atoms with E-state index in [4.69, 9.17) is 0 Å². The highest BCUT2D eigenvalue weighted by Gasteiger charge is 2.42. The van der Waals surface area contributed by atoms with Crippen molar-refractivity contribution < 1.29 is 31.1 Å². The van der Waals surface area contributed by atoms with Gasteiger partial charge in [-0.2, -0.15) is 13.2 Å². The van der Waals surface area contributed by atoms with Crippen LogP contribution < -0.4 is 10.3 Å². The summed E-state index contributed by atoms with van der Waals surface area (Å²) in [5, 5.41) is -0.396. The van der Waals surface area contributed by atoms with Gasteiger partial charge in [0.1, 0.15) is 5.56 Å². The van der Waals surface area contributed by atoms with Gasteiger partial charge < -0.3 is 9.72 Å². The van der Waals surface area contributed by atoms with Gasteiger partial charge in [-0.25, -0.2) is 0 Å². The molecule has 0 unspecified atom stereocenters. The summed E-state index contributed by atoms with van der Waals surface area (Å²) in [4.78, 5) is 12.8. The van der Waals surface area contributed by atoms with Crippen LogP contribution in [0.2, 0.25) is 0 Å². The lowest BCUT2D eigenvalue weighted by molar-refractivity contribution is -0.276. The van der Waals surface area contributed by atoms with Gasteiger partial charge in [0.15, 0.2) is 0 Å². The fourth-order valence-electron chi connectivity index (χ4n) is 1.18. The molecule has 1 aromatic heterocycles. The highest BCUT2D eigenvalue weighted by Crippen LogP contribution is 2.38. The van der Waals surface area contributed by atoms with Crippen molar-refractivity contribution in [1.82, 2.24) is 4.98 Å². The monoisotopic (exact) mass is 339 g/mol. The summed E-state index contributed by atoms with van der Waals surface area (Å²) in [5.74, 6) is -1.81. The number of H-pyrrole nitrogens is 1. The number of hydrogen-bond donors (Lipinski definition) is 1. The van der Waals surface area contributed by atoms with E-state index in [1.807, 2.05) is 0 Å². The number of alkyl halides is 7. The molecular weight excluding hydrogens is 336 g/mol. The zero-order valence-electron chi connectivity index (χ0n) is 8.25. The molecular formula is C8H4BrF6NO2. The molecule has 1 aromatic rings. The first kappa shape index (κ1) is 14.9. The normalized spacial score (nSPS) is 12.6. The molecule has 1 N–H and O–H groups in total. The van der Waals surface area contributed by atoms with Gasteiger partial charge in [0.05, 0.1) is 0 Å². The number of aromatic nitrogens is 1. The van der Waals surface area contributed by atoms with E-state index in [1.54, 1.807) is 4.98 Å². The van der Waals surface area contributed by atoms with Crippen LogP contribution in [-0.2, 0) is 11.5 Å². The summed E-state index contributed by atoms with van der Waals surface area (Å²) in [6, 6.07) is 0. The summed E-state index contributed by atoms with van der Waals surface area (Å²) < 4.78 is 77.0. The Bertz CT molecular complexity index is 492. The van der Waals surface area contributed by atoms with Crippen LogP contribution in [-0.4, -0.2) is 11.3 Å². The lowest BCUT2D eigenvalue weighted by atomic mass is 10.1. The van der Waals surface area contributed by atoms with E-state index in [0.29, 0.717) is 6.20 Å². The Hall–Kier alpha value is -1.19. The minimum Gasteiger partial charge on any atom is -0.399 e. The minimum atomic E-state index is -5.39. The Kier molecular flexibility index (Phi) is 3.99. The Morgan fingerprint density at radius 1 is 1.22 bits per heavy atom. The molecule has 0 aliphatic rings. The minimum absolute atomic E-state index is 0.396. The topological polar surface area (TPSA) is 42.1 Å². The van der Waals surface area contributed by atoms with Crippen LogP contribution in [0.25, 0.3) is 0 Å². The first-order valence-corrected chi connectivity index (χ1v) is 5.32. The molecule has 0 bridgehead atoms. The zero-order valence-corrected chi connectivity index (χ0v) is 9.83. The molecule has 0 radical (unpaired) electrons. The number of pyridine rings is 1. The maximum absolute atomic E-state index is 12.6. The van der Waals surface area contributed by atoms with Crippen molar-refractivity contribution in [3.8, 4) is 5.75 Å². The molecule has 3 nitrogen and oxygen atoms in total.